The second-order valence-electron chi connectivity index (χ2n) is 7.48. The van der Waals surface area contributed by atoms with Gasteiger partial charge in [0.15, 0.2) is 11.5 Å². The Morgan fingerprint density at radius 3 is 2.55 bits per heavy atom. The lowest BCUT2D eigenvalue weighted by Gasteiger charge is -2.13. The number of amides is 1. The van der Waals surface area contributed by atoms with Crippen LogP contribution in [0.15, 0.2) is 66.2 Å². The summed E-state index contributed by atoms with van der Waals surface area (Å²) in [6.07, 6.45) is 1.51. The van der Waals surface area contributed by atoms with Crippen LogP contribution in [0, 0.1) is 25.2 Å². The van der Waals surface area contributed by atoms with Gasteiger partial charge in [-0.1, -0.05) is 41.9 Å². The fraction of sp³-hybridized carbons (Fsp3) is 0.185. The predicted octanol–water partition coefficient (Wildman–Crippen LogP) is 6.48. The molecule has 1 amide bonds. The van der Waals surface area contributed by atoms with Crippen molar-refractivity contribution in [3.05, 3.63) is 93.5 Å². The van der Waals surface area contributed by atoms with E-state index in [0.29, 0.717) is 41.0 Å². The highest BCUT2D eigenvalue weighted by atomic mass is 35.5. The molecule has 0 fully saturated rings. The van der Waals surface area contributed by atoms with Crippen LogP contribution in [0.4, 0.5) is 5.69 Å². The number of carbonyl (C=O) groups is 1. The van der Waals surface area contributed by atoms with Gasteiger partial charge in [0.1, 0.15) is 18.2 Å². The van der Waals surface area contributed by atoms with E-state index in [4.69, 9.17) is 21.1 Å². The highest BCUT2D eigenvalue weighted by molar-refractivity contribution is 6.31. The minimum absolute atomic E-state index is 0.0405. The second-order valence-corrected chi connectivity index (χ2v) is 7.92. The summed E-state index contributed by atoms with van der Waals surface area (Å²) in [5.41, 5.74) is 4.63. The Balaban J connectivity index is 1.78. The third-order valence-corrected chi connectivity index (χ3v) is 5.23. The van der Waals surface area contributed by atoms with Gasteiger partial charge < -0.3 is 14.8 Å². The van der Waals surface area contributed by atoms with E-state index in [2.05, 4.69) is 31.3 Å². The lowest BCUT2D eigenvalue weighted by Crippen LogP contribution is -2.13. The summed E-state index contributed by atoms with van der Waals surface area (Å²) in [6, 6.07) is 20.2. The van der Waals surface area contributed by atoms with E-state index < -0.39 is 5.91 Å². The number of nitrogens with one attached hydrogen (secondary N) is 1. The summed E-state index contributed by atoms with van der Waals surface area (Å²) in [5, 5.41) is 12.7. The van der Waals surface area contributed by atoms with E-state index >= 15 is 0 Å². The number of halogens is 1. The van der Waals surface area contributed by atoms with Crippen LogP contribution in [-0.4, -0.2) is 12.5 Å². The molecule has 6 heteroatoms. The van der Waals surface area contributed by atoms with Crippen molar-refractivity contribution in [3.8, 4) is 17.6 Å². The number of ether oxygens (including phenoxy) is 2. The van der Waals surface area contributed by atoms with Gasteiger partial charge in [0.05, 0.1) is 6.61 Å². The first-order chi connectivity index (χ1) is 15.9. The number of anilines is 1. The molecule has 3 aromatic carbocycles. The maximum Gasteiger partial charge on any atom is 0.266 e. The maximum atomic E-state index is 12.5. The van der Waals surface area contributed by atoms with Gasteiger partial charge in [0, 0.05) is 10.7 Å². The van der Waals surface area contributed by atoms with Crippen molar-refractivity contribution >= 4 is 29.3 Å². The average molecular weight is 461 g/mol. The van der Waals surface area contributed by atoms with Crippen molar-refractivity contribution in [2.75, 3.05) is 11.9 Å². The predicted molar refractivity (Wildman–Crippen MR) is 132 cm³/mol. The standard InChI is InChI=1S/C27H25ClN2O3/c1-4-32-26-14-20(10-11-25(26)33-17-21-9-8-18(2)19(3)12-21)13-22(16-29)27(31)30-24-7-5-6-23(28)15-24/h5-15H,4,17H2,1-3H3,(H,30,31)/b22-13+. The van der Waals surface area contributed by atoms with Crippen molar-refractivity contribution in [2.45, 2.75) is 27.4 Å². The number of hydrogen-bond acceptors (Lipinski definition) is 4. The SMILES string of the molecule is CCOc1cc(/C=C(\C#N)C(=O)Nc2cccc(Cl)c2)ccc1OCc1ccc(C)c(C)c1. The van der Waals surface area contributed by atoms with Crippen molar-refractivity contribution in [1.29, 1.82) is 5.26 Å². The Kier molecular flexibility index (Phi) is 8.12. The lowest BCUT2D eigenvalue weighted by atomic mass is 10.1. The van der Waals surface area contributed by atoms with Gasteiger partial charge in [0.2, 0.25) is 0 Å². The fourth-order valence-electron chi connectivity index (χ4n) is 3.14. The second kappa shape index (κ2) is 11.2. The number of hydrogen-bond donors (Lipinski definition) is 1. The summed E-state index contributed by atoms with van der Waals surface area (Å²) >= 11 is 5.96. The largest absolute Gasteiger partial charge is 0.490 e. The lowest BCUT2D eigenvalue weighted by molar-refractivity contribution is -0.112. The van der Waals surface area contributed by atoms with Crippen LogP contribution in [0.3, 0.4) is 0 Å². The van der Waals surface area contributed by atoms with E-state index in [9.17, 15) is 10.1 Å². The minimum Gasteiger partial charge on any atom is -0.490 e. The molecule has 168 valence electrons. The minimum atomic E-state index is -0.521. The molecule has 0 saturated heterocycles. The van der Waals surface area contributed by atoms with Crippen LogP contribution in [0.5, 0.6) is 11.5 Å². The molecule has 3 rings (SSSR count). The topological polar surface area (TPSA) is 71.3 Å². The molecule has 0 atom stereocenters. The summed E-state index contributed by atoms with van der Waals surface area (Å²) in [6.45, 7) is 6.88. The number of nitrogens with zero attached hydrogens (tertiary/aromatic N) is 1. The first-order valence-corrected chi connectivity index (χ1v) is 10.9. The van der Waals surface area contributed by atoms with E-state index in [1.54, 1.807) is 42.5 Å². The molecule has 3 aromatic rings. The molecule has 1 N–H and O–H groups in total. The summed E-state index contributed by atoms with van der Waals surface area (Å²) < 4.78 is 11.7. The number of nitriles is 1. The van der Waals surface area contributed by atoms with Crippen molar-refractivity contribution in [3.63, 3.8) is 0 Å². The third-order valence-electron chi connectivity index (χ3n) is 4.99. The molecule has 33 heavy (non-hydrogen) atoms. The van der Waals surface area contributed by atoms with E-state index in [0.717, 1.165) is 5.56 Å². The molecule has 0 aliphatic heterocycles. The smallest absolute Gasteiger partial charge is 0.266 e. The molecular formula is C27H25ClN2O3. The van der Waals surface area contributed by atoms with Gasteiger partial charge in [-0.15, -0.1) is 0 Å². The Morgan fingerprint density at radius 1 is 1.03 bits per heavy atom. The van der Waals surface area contributed by atoms with Crippen LogP contribution < -0.4 is 14.8 Å². The molecule has 0 saturated carbocycles. The van der Waals surface area contributed by atoms with Crippen LogP contribution in [0.2, 0.25) is 5.02 Å². The Labute approximate surface area is 199 Å². The van der Waals surface area contributed by atoms with Gasteiger partial charge >= 0.3 is 0 Å². The number of benzene rings is 3. The normalized spacial score (nSPS) is 10.9. The Morgan fingerprint density at radius 2 is 1.85 bits per heavy atom. The highest BCUT2D eigenvalue weighted by Gasteiger charge is 2.12. The summed E-state index contributed by atoms with van der Waals surface area (Å²) in [5.74, 6) is 0.615. The maximum absolute atomic E-state index is 12.5. The third kappa shape index (κ3) is 6.61. The quantitative estimate of drug-likeness (QED) is 0.308. The molecule has 0 aliphatic carbocycles. The molecular weight excluding hydrogens is 436 g/mol. The molecule has 0 aliphatic rings. The molecule has 0 spiro atoms. The van der Waals surface area contributed by atoms with E-state index in [1.165, 1.54) is 17.2 Å². The monoisotopic (exact) mass is 460 g/mol. The van der Waals surface area contributed by atoms with Gasteiger partial charge in [0.25, 0.3) is 5.91 Å². The zero-order chi connectivity index (χ0) is 23.8. The molecule has 0 aromatic heterocycles. The first-order valence-electron chi connectivity index (χ1n) is 10.5. The van der Waals surface area contributed by atoms with Crippen molar-refractivity contribution in [1.82, 2.24) is 0 Å². The van der Waals surface area contributed by atoms with Crippen LogP contribution >= 0.6 is 11.6 Å². The average Bonchev–Trinajstić information content (AvgIpc) is 2.79. The highest BCUT2D eigenvalue weighted by Crippen LogP contribution is 2.30. The first kappa shape index (κ1) is 23.9. The van der Waals surface area contributed by atoms with Gasteiger partial charge in [-0.2, -0.15) is 5.26 Å². The number of aryl methyl sites for hydroxylation is 2. The summed E-state index contributed by atoms with van der Waals surface area (Å²) in [7, 11) is 0. The molecule has 0 radical (unpaired) electrons. The van der Waals surface area contributed by atoms with Crippen molar-refractivity contribution < 1.29 is 14.3 Å². The Bertz CT molecular complexity index is 1230. The molecule has 0 heterocycles. The zero-order valence-electron chi connectivity index (χ0n) is 18.8. The van der Waals surface area contributed by atoms with E-state index in [-0.39, 0.29) is 5.57 Å². The van der Waals surface area contributed by atoms with Crippen molar-refractivity contribution in [2.24, 2.45) is 0 Å². The fourth-order valence-corrected chi connectivity index (χ4v) is 3.33. The van der Waals surface area contributed by atoms with Gasteiger partial charge in [-0.3, -0.25) is 4.79 Å². The zero-order valence-corrected chi connectivity index (χ0v) is 19.6. The van der Waals surface area contributed by atoms with Crippen LogP contribution in [-0.2, 0) is 11.4 Å². The van der Waals surface area contributed by atoms with Gasteiger partial charge in [-0.05, 0) is 79.4 Å². The van der Waals surface area contributed by atoms with Crippen LogP contribution in [0.1, 0.15) is 29.2 Å². The van der Waals surface area contributed by atoms with Crippen LogP contribution in [0.25, 0.3) is 6.08 Å². The molecule has 5 nitrogen and oxygen atoms in total. The van der Waals surface area contributed by atoms with E-state index in [1.807, 2.05) is 19.1 Å². The number of rotatable bonds is 8. The molecule has 0 bridgehead atoms. The Hall–Kier alpha value is -3.75. The summed E-state index contributed by atoms with van der Waals surface area (Å²) in [4.78, 5) is 12.5. The molecule has 0 unspecified atom stereocenters. The van der Waals surface area contributed by atoms with Gasteiger partial charge in [-0.25, -0.2) is 0 Å². The number of carbonyl (C=O) groups excluding carboxylic acids is 1.